The molecule has 4 heteroatoms. The largest absolute Gasteiger partial charge is 0.481 e. The van der Waals surface area contributed by atoms with Crippen LogP contribution in [0.1, 0.15) is 52.4 Å². The highest BCUT2D eigenvalue weighted by Crippen LogP contribution is 2.25. The zero-order valence-corrected chi connectivity index (χ0v) is 10.8. The number of carboxylic acid groups (broad SMARTS) is 1. The standard InChI is InChI=1S/C13H23NO3/c1-3-6-12(15)14(9-10(2)13(16)17)11-7-4-5-8-11/h10-11H,3-9H2,1-2H3,(H,16,17). The van der Waals surface area contributed by atoms with E-state index in [0.717, 1.165) is 32.1 Å². The van der Waals surface area contributed by atoms with E-state index in [0.29, 0.717) is 13.0 Å². The monoisotopic (exact) mass is 241 g/mol. The predicted molar refractivity (Wildman–Crippen MR) is 65.7 cm³/mol. The highest BCUT2D eigenvalue weighted by Gasteiger charge is 2.28. The van der Waals surface area contributed by atoms with Crippen LogP contribution in [0.2, 0.25) is 0 Å². The summed E-state index contributed by atoms with van der Waals surface area (Å²) in [5, 5.41) is 8.95. The van der Waals surface area contributed by atoms with Crippen LogP contribution in [0.4, 0.5) is 0 Å². The minimum Gasteiger partial charge on any atom is -0.481 e. The lowest BCUT2D eigenvalue weighted by atomic mass is 10.1. The van der Waals surface area contributed by atoms with E-state index in [1.165, 1.54) is 0 Å². The second kappa shape index (κ2) is 6.62. The van der Waals surface area contributed by atoms with Gasteiger partial charge < -0.3 is 10.0 Å². The van der Waals surface area contributed by atoms with Crippen LogP contribution in [0.3, 0.4) is 0 Å². The Kier molecular flexibility index (Phi) is 5.45. The van der Waals surface area contributed by atoms with E-state index in [9.17, 15) is 9.59 Å². The van der Waals surface area contributed by atoms with Gasteiger partial charge in [-0.25, -0.2) is 0 Å². The Bertz CT molecular complexity index is 272. The van der Waals surface area contributed by atoms with Crippen molar-refractivity contribution < 1.29 is 14.7 Å². The Labute approximate surface area is 103 Å². The molecule has 1 N–H and O–H groups in total. The minimum absolute atomic E-state index is 0.118. The van der Waals surface area contributed by atoms with Gasteiger partial charge in [0.25, 0.3) is 0 Å². The first kappa shape index (κ1) is 14.0. The number of carbonyl (C=O) groups is 2. The molecule has 0 bridgehead atoms. The van der Waals surface area contributed by atoms with Crippen molar-refractivity contribution in [2.75, 3.05) is 6.54 Å². The van der Waals surface area contributed by atoms with Crippen LogP contribution in [0, 0.1) is 5.92 Å². The topological polar surface area (TPSA) is 57.6 Å². The Morgan fingerprint density at radius 2 is 1.94 bits per heavy atom. The molecule has 1 unspecified atom stereocenters. The molecule has 0 aromatic heterocycles. The molecule has 1 amide bonds. The van der Waals surface area contributed by atoms with Crippen molar-refractivity contribution in [3.05, 3.63) is 0 Å². The Hall–Kier alpha value is -1.06. The van der Waals surface area contributed by atoms with Crippen molar-refractivity contribution in [1.82, 2.24) is 4.90 Å². The molecule has 98 valence electrons. The summed E-state index contributed by atoms with van der Waals surface area (Å²) in [6.07, 6.45) is 5.72. The molecule has 0 aliphatic heterocycles. The first-order valence-electron chi connectivity index (χ1n) is 6.58. The molecule has 0 aromatic carbocycles. The fourth-order valence-corrected chi connectivity index (χ4v) is 2.40. The van der Waals surface area contributed by atoms with E-state index < -0.39 is 11.9 Å². The molecule has 0 heterocycles. The lowest BCUT2D eigenvalue weighted by Crippen LogP contribution is -2.42. The molecular weight excluding hydrogens is 218 g/mol. The molecule has 1 fully saturated rings. The number of rotatable bonds is 6. The van der Waals surface area contributed by atoms with Crippen LogP contribution in [0.25, 0.3) is 0 Å². The number of carboxylic acids is 1. The maximum atomic E-state index is 12.0. The summed E-state index contributed by atoms with van der Waals surface area (Å²) in [7, 11) is 0. The van der Waals surface area contributed by atoms with Gasteiger partial charge in [-0.15, -0.1) is 0 Å². The molecule has 0 radical (unpaired) electrons. The van der Waals surface area contributed by atoms with Gasteiger partial charge in [-0.05, 0) is 19.3 Å². The summed E-state index contributed by atoms with van der Waals surface area (Å²) >= 11 is 0. The molecule has 0 spiro atoms. The SMILES string of the molecule is CCCC(=O)N(CC(C)C(=O)O)C1CCCC1. The van der Waals surface area contributed by atoms with Crippen LogP contribution in [0.5, 0.6) is 0 Å². The predicted octanol–water partition coefficient (Wildman–Crippen LogP) is 2.28. The van der Waals surface area contributed by atoms with Gasteiger partial charge in [0, 0.05) is 19.0 Å². The van der Waals surface area contributed by atoms with Gasteiger partial charge in [-0.3, -0.25) is 9.59 Å². The van der Waals surface area contributed by atoms with Gasteiger partial charge in [-0.2, -0.15) is 0 Å². The van der Waals surface area contributed by atoms with Gasteiger partial charge >= 0.3 is 5.97 Å². The van der Waals surface area contributed by atoms with Gasteiger partial charge in [0.1, 0.15) is 0 Å². The van der Waals surface area contributed by atoms with E-state index in [1.54, 1.807) is 6.92 Å². The van der Waals surface area contributed by atoms with E-state index >= 15 is 0 Å². The fourth-order valence-electron chi connectivity index (χ4n) is 2.40. The summed E-state index contributed by atoms with van der Waals surface area (Å²) < 4.78 is 0. The third-order valence-electron chi connectivity index (χ3n) is 3.44. The molecule has 17 heavy (non-hydrogen) atoms. The molecule has 1 aliphatic carbocycles. The van der Waals surface area contributed by atoms with Crippen LogP contribution in [-0.2, 0) is 9.59 Å². The molecule has 0 saturated heterocycles. The zero-order valence-electron chi connectivity index (χ0n) is 10.8. The summed E-state index contributed by atoms with van der Waals surface area (Å²) in [5.41, 5.74) is 0. The molecule has 1 rings (SSSR count). The average Bonchev–Trinajstić information content (AvgIpc) is 2.78. The van der Waals surface area contributed by atoms with Gasteiger partial charge in [0.05, 0.1) is 5.92 Å². The number of amides is 1. The maximum Gasteiger partial charge on any atom is 0.308 e. The van der Waals surface area contributed by atoms with Crippen molar-refractivity contribution in [2.24, 2.45) is 5.92 Å². The summed E-state index contributed by atoms with van der Waals surface area (Å²) in [5.74, 6) is -1.18. The number of aliphatic carboxylic acids is 1. The Balaban J connectivity index is 2.64. The first-order valence-corrected chi connectivity index (χ1v) is 6.58. The zero-order chi connectivity index (χ0) is 12.8. The second-order valence-electron chi connectivity index (χ2n) is 4.97. The van der Waals surface area contributed by atoms with Crippen molar-refractivity contribution in [2.45, 2.75) is 58.4 Å². The fraction of sp³-hybridized carbons (Fsp3) is 0.846. The van der Waals surface area contributed by atoms with Crippen LogP contribution >= 0.6 is 0 Å². The van der Waals surface area contributed by atoms with Crippen LogP contribution in [-0.4, -0.2) is 34.5 Å². The Morgan fingerprint density at radius 3 is 2.41 bits per heavy atom. The third-order valence-corrected chi connectivity index (χ3v) is 3.44. The summed E-state index contributed by atoms with van der Waals surface area (Å²) in [6, 6.07) is 0.274. The number of hydrogen-bond donors (Lipinski definition) is 1. The quantitative estimate of drug-likeness (QED) is 0.776. The molecule has 1 aliphatic rings. The highest BCUT2D eigenvalue weighted by molar-refractivity contribution is 5.77. The van der Waals surface area contributed by atoms with E-state index in [-0.39, 0.29) is 11.9 Å². The molecular formula is C13H23NO3. The van der Waals surface area contributed by atoms with Gasteiger partial charge in [0.2, 0.25) is 5.91 Å². The summed E-state index contributed by atoms with van der Waals surface area (Å²) in [6.45, 7) is 4.01. The van der Waals surface area contributed by atoms with Gasteiger partial charge in [-0.1, -0.05) is 26.7 Å². The van der Waals surface area contributed by atoms with Crippen molar-refractivity contribution in [3.8, 4) is 0 Å². The smallest absolute Gasteiger partial charge is 0.308 e. The van der Waals surface area contributed by atoms with E-state index in [4.69, 9.17) is 5.11 Å². The van der Waals surface area contributed by atoms with Crippen molar-refractivity contribution in [3.63, 3.8) is 0 Å². The van der Waals surface area contributed by atoms with E-state index in [1.807, 2.05) is 11.8 Å². The van der Waals surface area contributed by atoms with Gasteiger partial charge in [0.15, 0.2) is 0 Å². The average molecular weight is 241 g/mol. The lowest BCUT2D eigenvalue weighted by Gasteiger charge is -2.30. The molecule has 1 saturated carbocycles. The number of nitrogens with zero attached hydrogens (tertiary/aromatic N) is 1. The van der Waals surface area contributed by atoms with Crippen molar-refractivity contribution in [1.29, 1.82) is 0 Å². The van der Waals surface area contributed by atoms with Crippen LogP contribution in [0.15, 0.2) is 0 Å². The lowest BCUT2D eigenvalue weighted by molar-refractivity contribution is -0.143. The first-order chi connectivity index (χ1) is 8.06. The van der Waals surface area contributed by atoms with Crippen LogP contribution < -0.4 is 0 Å². The number of carbonyl (C=O) groups excluding carboxylic acids is 1. The Morgan fingerprint density at radius 1 is 1.35 bits per heavy atom. The van der Waals surface area contributed by atoms with Crippen molar-refractivity contribution >= 4 is 11.9 Å². The normalized spacial score (nSPS) is 18.0. The highest BCUT2D eigenvalue weighted by atomic mass is 16.4. The molecule has 4 nitrogen and oxygen atoms in total. The molecule has 1 atom stereocenters. The third kappa shape index (κ3) is 4.02. The summed E-state index contributed by atoms with van der Waals surface area (Å²) in [4.78, 5) is 24.7. The second-order valence-corrected chi connectivity index (χ2v) is 4.97. The maximum absolute atomic E-state index is 12.0. The molecule has 0 aromatic rings. The van der Waals surface area contributed by atoms with E-state index in [2.05, 4.69) is 0 Å². The number of hydrogen-bond acceptors (Lipinski definition) is 2. The minimum atomic E-state index is -0.822.